The maximum absolute atomic E-state index is 5.70. The van der Waals surface area contributed by atoms with Gasteiger partial charge >= 0.3 is 0 Å². The Labute approximate surface area is 118 Å². The molecule has 0 heterocycles. The molecule has 0 aliphatic rings. The van der Waals surface area contributed by atoms with E-state index in [2.05, 4.69) is 29.6 Å². The highest BCUT2D eigenvalue weighted by Gasteiger charge is 1.98. The minimum Gasteiger partial charge on any atom is -0.399 e. The summed E-state index contributed by atoms with van der Waals surface area (Å²) in [4.78, 5) is 0. The number of anilines is 3. The SMILES string of the molecule is Nc1ccc(-c2ccc(Nc3ccccc3)cc2)cc1. The lowest BCUT2D eigenvalue weighted by Gasteiger charge is -2.08. The molecule has 2 nitrogen and oxygen atoms in total. The molecule has 0 atom stereocenters. The Bertz CT molecular complexity index is 671. The molecule has 0 bridgehead atoms. The Kier molecular flexibility index (Phi) is 3.38. The van der Waals surface area contributed by atoms with Crippen LogP contribution < -0.4 is 11.1 Å². The molecule has 2 heteroatoms. The van der Waals surface area contributed by atoms with Crippen LogP contribution in [0, 0.1) is 0 Å². The molecule has 0 unspecified atom stereocenters. The van der Waals surface area contributed by atoms with Gasteiger partial charge < -0.3 is 11.1 Å². The second-order valence-corrected chi connectivity index (χ2v) is 4.69. The fraction of sp³-hybridized carbons (Fsp3) is 0. The largest absolute Gasteiger partial charge is 0.399 e. The second-order valence-electron chi connectivity index (χ2n) is 4.69. The van der Waals surface area contributed by atoms with Crippen molar-refractivity contribution in [3.63, 3.8) is 0 Å². The molecular weight excluding hydrogens is 244 g/mol. The third-order valence-electron chi connectivity index (χ3n) is 3.19. The van der Waals surface area contributed by atoms with Crippen LogP contribution in [0.1, 0.15) is 0 Å². The summed E-state index contributed by atoms with van der Waals surface area (Å²) in [5.41, 5.74) is 11.0. The van der Waals surface area contributed by atoms with Gasteiger partial charge in [0.1, 0.15) is 0 Å². The quantitative estimate of drug-likeness (QED) is 0.671. The van der Waals surface area contributed by atoms with E-state index in [0.29, 0.717) is 0 Å². The van der Waals surface area contributed by atoms with E-state index in [1.807, 2.05) is 54.6 Å². The Hall–Kier alpha value is -2.74. The van der Waals surface area contributed by atoms with Gasteiger partial charge in [0.05, 0.1) is 0 Å². The number of hydrogen-bond donors (Lipinski definition) is 2. The molecule has 3 aromatic rings. The number of nitrogens with one attached hydrogen (secondary N) is 1. The fourth-order valence-electron chi connectivity index (χ4n) is 2.11. The molecule has 20 heavy (non-hydrogen) atoms. The van der Waals surface area contributed by atoms with Gasteiger partial charge in [-0.15, -0.1) is 0 Å². The van der Waals surface area contributed by atoms with Crippen LogP contribution in [0.4, 0.5) is 17.1 Å². The first-order valence-corrected chi connectivity index (χ1v) is 6.59. The first kappa shape index (κ1) is 12.3. The van der Waals surface area contributed by atoms with E-state index in [1.54, 1.807) is 0 Å². The van der Waals surface area contributed by atoms with E-state index >= 15 is 0 Å². The van der Waals surface area contributed by atoms with Crippen molar-refractivity contribution in [3.8, 4) is 11.1 Å². The topological polar surface area (TPSA) is 38.0 Å². The van der Waals surface area contributed by atoms with Gasteiger partial charge in [-0.1, -0.05) is 42.5 Å². The van der Waals surface area contributed by atoms with Gasteiger partial charge in [0.2, 0.25) is 0 Å². The van der Waals surface area contributed by atoms with Crippen LogP contribution in [0.25, 0.3) is 11.1 Å². The highest BCUT2D eigenvalue weighted by atomic mass is 14.9. The van der Waals surface area contributed by atoms with E-state index in [-0.39, 0.29) is 0 Å². The predicted octanol–water partition coefficient (Wildman–Crippen LogP) is 4.68. The molecule has 0 aliphatic carbocycles. The number of para-hydroxylation sites is 1. The normalized spacial score (nSPS) is 10.2. The van der Waals surface area contributed by atoms with Crippen LogP contribution >= 0.6 is 0 Å². The van der Waals surface area contributed by atoms with Gasteiger partial charge in [-0.2, -0.15) is 0 Å². The van der Waals surface area contributed by atoms with Crippen LogP contribution in [0.3, 0.4) is 0 Å². The zero-order chi connectivity index (χ0) is 13.8. The molecule has 3 aromatic carbocycles. The van der Waals surface area contributed by atoms with E-state index in [4.69, 9.17) is 5.73 Å². The van der Waals surface area contributed by atoms with Gasteiger partial charge in [0, 0.05) is 17.1 Å². The number of nitrogens with two attached hydrogens (primary N) is 1. The van der Waals surface area contributed by atoms with Crippen molar-refractivity contribution in [2.24, 2.45) is 0 Å². The smallest absolute Gasteiger partial charge is 0.0384 e. The molecule has 0 saturated heterocycles. The monoisotopic (exact) mass is 260 g/mol. The van der Waals surface area contributed by atoms with E-state index in [0.717, 1.165) is 17.1 Å². The van der Waals surface area contributed by atoms with Gasteiger partial charge in [-0.05, 0) is 47.5 Å². The Balaban J connectivity index is 1.79. The molecule has 0 fully saturated rings. The fourth-order valence-corrected chi connectivity index (χ4v) is 2.11. The van der Waals surface area contributed by atoms with Crippen molar-refractivity contribution < 1.29 is 0 Å². The third-order valence-corrected chi connectivity index (χ3v) is 3.19. The summed E-state index contributed by atoms with van der Waals surface area (Å²) in [7, 11) is 0. The summed E-state index contributed by atoms with van der Waals surface area (Å²) in [6, 6.07) is 26.4. The Morgan fingerprint density at radius 3 is 1.65 bits per heavy atom. The summed E-state index contributed by atoms with van der Waals surface area (Å²) >= 11 is 0. The second kappa shape index (κ2) is 5.49. The maximum atomic E-state index is 5.70. The standard InChI is InChI=1S/C18H16N2/c19-16-10-6-14(7-11-16)15-8-12-18(13-9-15)20-17-4-2-1-3-5-17/h1-13,20H,19H2. The minimum absolute atomic E-state index is 0.788. The number of benzene rings is 3. The van der Waals surface area contributed by atoms with Gasteiger partial charge in [-0.25, -0.2) is 0 Å². The van der Waals surface area contributed by atoms with E-state index in [1.165, 1.54) is 11.1 Å². The Morgan fingerprint density at radius 1 is 0.550 bits per heavy atom. The lowest BCUT2D eigenvalue weighted by Crippen LogP contribution is -1.89. The van der Waals surface area contributed by atoms with Crippen LogP contribution in [0.2, 0.25) is 0 Å². The Morgan fingerprint density at radius 2 is 1.05 bits per heavy atom. The van der Waals surface area contributed by atoms with Crippen molar-refractivity contribution in [2.45, 2.75) is 0 Å². The lowest BCUT2D eigenvalue weighted by atomic mass is 10.1. The molecule has 0 radical (unpaired) electrons. The summed E-state index contributed by atoms with van der Waals surface area (Å²) in [6.07, 6.45) is 0. The molecule has 0 spiro atoms. The number of rotatable bonds is 3. The maximum Gasteiger partial charge on any atom is 0.0384 e. The average molecular weight is 260 g/mol. The summed E-state index contributed by atoms with van der Waals surface area (Å²) in [5.74, 6) is 0. The molecule has 0 aliphatic heterocycles. The minimum atomic E-state index is 0.788. The summed E-state index contributed by atoms with van der Waals surface area (Å²) in [5, 5.41) is 3.37. The lowest BCUT2D eigenvalue weighted by molar-refractivity contribution is 1.54. The predicted molar refractivity (Wildman–Crippen MR) is 86.0 cm³/mol. The van der Waals surface area contributed by atoms with Crippen LogP contribution in [-0.4, -0.2) is 0 Å². The molecule has 0 saturated carbocycles. The first-order valence-electron chi connectivity index (χ1n) is 6.59. The molecule has 98 valence electrons. The molecule has 3 N–H and O–H groups in total. The van der Waals surface area contributed by atoms with Gasteiger partial charge in [0.25, 0.3) is 0 Å². The van der Waals surface area contributed by atoms with Crippen LogP contribution in [0.5, 0.6) is 0 Å². The van der Waals surface area contributed by atoms with Gasteiger partial charge in [0.15, 0.2) is 0 Å². The average Bonchev–Trinajstić information content (AvgIpc) is 2.50. The molecule has 0 aromatic heterocycles. The summed E-state index contributed by atoms with van der Waals surface area (Å²) < 4.78 is 0. The first-order chi connectivity index (χ1) is 9.81. The number of nitrogen functional groups attached to an aromatic ring is 1. The van der Waals surface area contributed by atoms with Gasteiger partial charge in [-0.3, -0.25) is 0 Å². The highest BCUT2D eigenvalue weighted by molar-refractivity contribution is 5.69. The van der Waals surface area contributed by atoms with Crippen molar-refractivity contribution >= 4 is 17.1 Å². The third kappa shape index (κ3) is 2.81. The molecular formula is C18H16N2. The van der Waals surface area contributed by atoms with E-state index < -0.39 is 0 Å². The zero-order valence-electron chi connectivity index (χ0n) is 11.1. The molecule has 0 amide bonds. The van der Waals surface area contributed by atoms with Crippen molar-refractivity contribution in [3.05, 3.63) is 78.9 Å². The highest BCUT2D eigenvalue weighted by Crippen LogP contribution is 2.23. The van der Waals surface area contributed by atoms with Crippen LogP contribution in [0.15, 0.2) is 78.9 Å². The van der Waals surface area contributed by atoms with E-state index in [9.17, 15) is 0 Å². The zero-order valence-corrected chi connectivity index (χ0v) is 11.1. The number of hydrogen-bond acceptors (Lipinski definition) is 2. The van der Waals surface area contributed by atoms with Crippen molar-refractivity contribution in [2.75, 3.05) is 11.1 Å². The van der Waals surface area contributed by atoms with Crippen molar-refractivity contribution in [1.29, 1.82) is 0 Å². The molecule has 3 rings (SSSR count). The van der Waals surface area contributed by atoms with Crippen LogP contribution in [-0.2, 0) is 0 Å². The van der Waals surface area contributed by atoms with Crippen molar-refractivity contribution in [1.82, 2.24) is 0 Å². The summed E-state index contributed by atoms with van der Waals surface area (Å²) in [6.45, 7) is 0.